The highest BCUT2D eigenvalue weighted by Crippen LogP contribution is 2.45. The molecule has 184 valence electrons. The number of carboxylic acid groups (broad SMARTS) is 1. The van der Waals surface area contributed by atoms with E-state index in [2.05, 4.69) is 29.1 Å². The lowest BCUT2D eigenvalue weighted by Crippen LogP contribution is -2.20. The van der Waals surface area contributed by atoms with Gasteiger partial charge in [0, 0.05) is 6.07 Å². The fourth-order valence-corrected chi connectivity index (χ4v) is 4.59. The fourth-order valence-electron chi connectivity index (χ4n) is 3.82. The number of benzene rings is 3. The van der Waals surface area contributed by atoms with E-state index in [9.17, 15) is 18.3 Å². The molecule has 0 atom stereocenters. The number of hydrogen-bond donors (Lipinski definition) is 3. The lowest BCUT2D eigenvalue weighted by Gasteiger charge is -2.24. The van der Waals surface area contributed by atoms with Gasteiger partial charge in [-0.15, -0.1) is 0 Å². The minimum Gasteiger partial charge on any atom is -0.494 e. The van der Waals surface area contributed by atoms with Crippen molar-refractivity contribution in [2.75, 3.05) is 19.0 Å². The summed E-state index contributed by atoms with van der Waals surface area (Å²) in [6, 6.07) is 16.2. The van der Waals surface area contributed by atoms with Gasteiger partial charge in [-0.25, -0.2) is 17.9 Å². The molecule has 4 rings (SSSR count). The van der Waals surface area contributed by atoms with Crippen LogP contribution in [0.4, 0.5) is 11.4 Å². The molecule has 0 amide bonds. The number of nitrogens with one attached hydrogen (secondary N) is 2. The number of hydrogen-bond acceptors (Lipinski definition) is 6. The molecule has 0 fully saturated rings. The number of ether oxygens (including phenoxy) is 2. The summed E-state index contributed by atoms with van der Waals surface area (Å²) in [7, 11) is -2.59. The van der Waals surface area contributed by atoms with Crippen LogP contribution in [0.1, 0.15) is 41.3 Å². The van der Waals surface area contributed by atoms with Gasteiger partial charge in [-0.3, -0.25) is 0 Å². The van der Waals surface area contributed by atoms with Gasteiger partial charge in [0.2, 0.25) is 10.0 Å². The predicted octanol–water partition coefficient (Wildman–Crippen LogP) is 5.11. The summed E-state index contributed by atoms with van der Waals surface area (Å²) in [5.74, 6) is 0.251. The Morgan fingerprint density at radius 2 is 1.83 bits per heavy atom. The summed E-state index contributed by atoms with van der Waals surface area (Å²) in [6.07, 6.45) is 3.68. The van der Waals surface area contributed by atoms with E-state index in [0.717, 1.165) is 48.6 Å². The summed E-state index contributed by atoms with van der Waals surface area (Å²) in [4.78, 5) is 11.6. The zero-order valence-electron chi connectivity index (χ0n) is 19.6. The average molecular weight is 497 g/mol. The van der Waals surface area contributed by atoms with Gasteiger partial charge in [-0.05, 0) is 67.8 Å². The van der Waals surface area contributed by atoms with Crippen LogP contribution in [0.5, 0.6) is 17.2 Å². The van der Waals surface area contributed by atoms with Crippen molar-refractivity contribution in [3.63, 3.8) is 0 Å². The van der Waals surface area contributed by atoms with E-state index in [0.29, 0.717) is 18.0 Å². The highest BCUT2D eigenvalue weighted by Gasteiger charge is 2.27. The van der Waals surface area contributed by atoms with E-state index in [1.165, 1.54) is 13.1 Å². The first-order chi connectivity index (χ1) is 16.8. The number of aromatic carboxylic acids is 1. The van der Waals surface area contributed by atoms with Gasteiger partial charge in [-0.2, -0.15) is 0 Å². The maximum absolute atomic E-state index is 12.3. The molecule has 3 aromatic rings. The summed E-state index contributed by atoms with van der Waals surface area (Å²) < 4.78 is 38.6. The highest BCUT2D eigenvalue weighted by molar-refractivity contribution is 7.89. The van der Waals surface area contributed by atoms with Crippen LogP contribution in [0.2, 0.25) is 0 Å². The Balaban J connectivity index is 1.53. The third-order valence-electron chi connectivity index (χ3n) is 5.78. The van der Waals surface area contributed by atoms with Crippen LogP contribution in [-0.2, 0) is 22.9 Å². The third kappa shape index (κ3) is 5.58. The molecule has 1 heterocycles. The second-order valence-corrected chi connectivity index (χ2v) is 10.2. The number of carbonyl (C=O) groups is 1. The minimum atomic E-state index is -3.86. The van der Waals surface area contributed by atoms with Gasteiger partial charge < -0.3 is 19.9 Å². The first-order valence-corrected chi connectivity index (χ1v) is 12.9. The fraction of sp³-hybridized carbons (Fsp3) is 0.269. The van der Waals surface area contributed by atoms with E-state index >= 15 is 0 Å². The van der Waals surface area contributed by atoms with Gasteiger partial charge in [0.05, 0.1) is 28.4 Å². The smallest absolute Gasteiger partial charge is 0.338 e. The van der Waals surface area contributed by atoms with E-state index in [4.69, 9.17) is 9.47 Å². The average Bonchev–Trinajstić information content (AvgIpc) is 2.85. The molecule has 0 unspecified atom stereocenters. The van der Waals surface area contributed by atoms with Crippen LogP contribution in [0.25, 0.3) is 0 Å². The molecule has 0 saturated carbocycles. The molecule has 1 aliphatic heterocycles. The Bertz CT molecular complexity index is 1350. The number of sulfonamides is 1. The van der Waals surface area contributed by atoms with Crippen LogP contribution in [0, 0.1) is 0 Å². The molecule has 0 bridgehead atoms. The molecule has 0 saturated heterocycles. The zero-order valence-corrected chi connectivity index (χ0v) is 20.4. The SMILES string of the molecule is CCCCOc1cccc(CCc2ccc3c(c2)Oc2cc(S(=O)(=O)NC)cc(C(=O)O)c2N3)c1. The minimum absolute atomic E-state index is 0.139. The molecular formula is C26H28N2O6S. The molecule has 0 aromatic heterocycles. The predicted molar refractivity (Wildman–Crippen MR) is 134 cm³/mol. The van der Waals surface area contributed by atoms with Crippen LogP contribution in [0.15, 0.2) is 59.5 Å². The van der Waals surface area contributed by atoms with Crippen molar-refractivity contribution in [2.24, 2.45) is 0 Å². The van der Waals surface area contributed by atoms with Gasteiger partial charge in [0.1, 0.15) is 5.75 Å². The van der Waals surface area contributed by atoms with E-state index < -0.39 is 16.0 Å². The van der Waals surface area contributed by atoms with E-state index in [1.54, 1.807) is 0 Å². The topological polar surface area (TPSA) is 114 Å². The number of aryl methyl sites for hydroxylation is 2. The molecule has 0 aliphatic carbocycles. The molecule has 9 heteroatoms. The summed E-state index contributed by atoms with van der Waals surface area (Å²) in [5, 5.41) is 12.7. The number of rotatable bonds is 10. The van der Waals surface area contributed by atoms with E-state index in [-0.39, 0.29) is 21.9 Å². The third-order valence-corrected chi connectivity index (χ3v) is 7.17. The molecule has 3 N–H and O–H groups in total. The van der Waals surface area contributed by atoms with Crippen LogP contribution in [0.3, 0.4) is 0 Å². The van der Waals surface area contributed by atoms with Crippen molar-refractivity contribution >= 4 is 27.4 Å². The second-order valence-electron chi connectivity index (χ2n) is 8.26. The van der Waals surface area contributed by atoms with Crippen LogP contribution < -0.4 is 19.5 Å². The molecular weight excluding hydrogens is 468 g/mol. The standard InChI is InChI=1S/C26H28N2O6S/c1-3-4-12-33-19-7-5-6-17(13-19)8-9-18-10-11-22-23(14-18)34-24-16-20(35(31,32)27-2)15-21(26(29)30)25(24)28-22/h5-7,10-11,13-16,27-28H,3-4,8-9,12H2,1-2H3,(H,29,30). The number of carboxylic acids is 1. The largest absolute Gasteiger partial charge is 0.494 e. The normalized spacial score (nSPS) is 12.2. The number of anilines is 2. The van der Waals surface area contributed by atoms with Gasteiger partial charge in [-0.1, -0.05) is 31.5 Å². The van der Waals surface area contributed by atoms with Crippen molar-refractivity contribution in [2.45, 2.75) is 37.5 Å². The van der Waals surface area contributed by atoms with Crippen LogP contribution >= 0.6 is 0 Å². The molecule has 1 aliphatic rings. The summed E-state index contributed by atoms with van der Waals surface area (Å²) in [6.45, 7) is 2.84. The van der Waals surface area contributed by atoms with Gasteiger partial charge in [0.25, 0.3) is 0 Å². The monoisotopic (exact) mass is 496 g/mol. The number of unbranched alkanes of at least 4 members (excludes halogenated alkanes) is 1. The van der Waals surface area contributed by atoms with Crippen molar-refractivity contribution in [1.82, 2.24) is 4.72 Å². The van der Waals surface area contributed by atoms with Gasteiger partial charge in [0.15, 0.2) is 11.5 Å². The quantitative estimate of drug-likeness (QED) is 0.262. The molecule has 0 radical (unpaired) electrons. The zero-order chi connectivity index (χ0) is 25.0. The second kappa shape index (κ2) is 10.4. The lowest BCUT2D eigenvalue weighted by molar-refractivity contribution is 0.0697. The molecule has 0 spiro atoms. The Morgan fingerprint density at radius 1 is 1.06 bits per heavy atom. The summed E-state index contributed by atoms with van der Waals surface area (Å²) >= 11 is 0. The lowest BCUT2D eigenvalue weighted by atomic mass is 10.0. The Hall–Kier alpha value is -3.56. The van der Waals surface area contributed by atoms with Gasteiger partial charge >= 0.3 is 5.97 Å². The Morgan fingerprint density at radius 3 is 2.54 bits per heavy atom. The molecule has 35 heavy (non-hydrogen) atoms. The first kappa shape index (κ1) is 24.6. The maximum Gasteiger partial charge on any atom is 0.338 e. The molecule has 8 nitrogen and oxygen atoms in total. The van der Waals surface area contributed by atoms with Crippen molar-refractivity contribution in [3.8, 4) is 17.2 Å². The van der Waals surface area contributed by atoms with Crippen molar-refractivity contribution in [1.29, 1.82) is 0 Å². The Kier molecular flexibility index (Phi) is 7.28. The summed E-state index contributed by atoms with van der Waals surface area (Å²) in [5.41, 5.74) is 2.83. The van der Waals surface area contributed by atoms with E-state index in [1.807, 2.05) is 30.3 Å². The van der Waals surface area contributed by atoms with Crippen molar-refractivity contribution in [3.05, 3.63) is 71.3 Å². The maximum atomic E-state index is 12.3. The van der Waals surface area contributed by atoms with Crippen molar-refractivity contribution < 1.29 is 27.8 Å². The molecule has 3 aromatic carbocycles. The Labute approximate surface area is 205 Å². The van der Waals surface area contributed by atoms with Crippen LogP contribution in [-0.4, -0.2) is 33.1 Å². The number of fused-ring (bicyclic) bond motifs is 2. The highest BCUT2D eigenvalue weighted by atomic mass is 32.2. The first-order valence-electron chi connectivity index (χ1n) is 11.4.